The van der Waals surface area contributed by atoms with Gasteiger partial charge in [0, 0.05) is 6.04 Å². The van der Waals surface area contributed by atoms with Gasteiger partial charge in [0.25, 0.3) is 0 Å². The van der Waals surface area contributed by atoms with Crippen LogP contribution in [0.3, 0.4) is 0 Å². The lowest BCUT2D eigenvalue weighted by Crippen LogP contribution is -2.26. The number of hydrogen-bond acceptors (Lipinski definition) is 4. The summed E-state index contributed by atoms with van der Waals surface area (Å²) in [5.74, 6) is 2.95. The first kappa shape index (κ1) is 16.0. The van der Waals surface area contributed by atoms with Crippen LogP contribution in [0.2, 0.25) is 0 Å². The van der Waals surface area contributed by atoms with Gasteiger partial charge in [-0.15, -0.1) is 0 Å². The van der Waals surface area contributed by atoms with Gasteiger partial charge in [0.15, 0.2) is 11.5 Å². The molecule has 0 aromatic heterocycles. The quantitative estimate of drug-likeness (QED) is 0.795. The van der Waals surface area contributed by atoms with Gasteiger partial charge in [-0.05, 0) is 36.6 Å². The highest BCUT2D eigenvalue weighted by molar-refractivity contribution is 5.54. The van der Waals surface area contributed by atoms with Gasteiger partial charge in [0.2, 0.25) is 5.75 Å². The van der Waals surface area contributed by atoms with Crippen molar-refractivity contribution in [3.8, 4) is 17.2 Å². The maximum atomic E-state index is 5.46. The summed E-state index contributed by atoms with van der Waals surface area (Å²) in [4.78, 5) is 0. The zero-order valence-electron chi connectivity index (χ0n) is 13.6. The highest BCUT2D eigenvalue weighted by atomic mass is 16.5. The normalized spacial score (nSPS) is 16.2. The molecular formula is C17H27NO3. The Bertz CT molecular complexity index is 432. The summed E-state index contributed by atoms with van der Waals surface area (Å²) < 4.78 is 16.3. The van der Waals surface area contributed by atoms with Crippen LogP contribution >= 0.6 is 0 Å². The third-order valence-corrected chi connectivity index (χ3v) is 4.33. The highest BCUT2D eigenvalue weighted by Gasteiger charge is 2.24. The second-order valence-electron chi connectivity index (χ2n) is 5.60. The standard InChI is InChI=1S/C17H27NO3/c1-5-18-14(9-12-7-6-8-12)13-10-15(19-2)17(21-4)16(11-13)20-3/h10-12,14,18H,5-9H2,1-4H3. The lowest BCUT2D eigenvalue weighted by Gasteiger charge is -2.30. The number of methoxy groups -OCH3 is 3. The second kappa shape index (κ2) is 7.55. The summed E-state index contributed by atoms with van der Waals surface area (Å²) in [6.45, 7) is 3.10. The third kappa shape index (κ3) is 3.62. The lowest BCUT2D eigenvalue weighted by molar-refractivity contribution is 0.261. The summed E-state index contributed by atoms with van der Waals surface area (Å²) in [7, 11) is 4.96. The lowest BCUT2D eigenvalue weighted by atomic mass is 9.79. The van der Waals surface area contributed by atoms with Crippen LogP contribution in [0.1, 0.15) is 44.2 Å². The van der Waals surface area contributed by atoms with E-state index in [1.165, 1.54) is 31.2 Å². The molecule has 4 heteroatoms. The van der Waals surface area contributed by atoms with Crippen LogP contribution in [-0.4, -0.2) is 27.9 Å². The Balaban J connectivity index is 2.29. The SMILES string of the molecule is CCNC(CC1CCC1)c1cc(OC)c(OC)c(OC)c1. The van der Waals surface area contributed by atoms with Gasteiger partial charge in [0.1, 0.15) is 0 Å². The second-order valence-corrected chi connectivity index (χ2v) is 5.60. The van der Waals surface area contributed by atoms with Crippen LogP contribution in [0, 0.1) is 5.92 Å². The van der Waals surface area contributed by atoms with Crippen molar-refractivity contribution in [1.82, 2.24) is 5.32 Å². The molecular weight excluding hydrogens is 266 g/mol. The molecule has 0 aliphatic heterocycles. The predicted octanol–water partition coefficient (Wildman–Crippen LogP) is 3.55. The first-order chi connectivity index (χ1) is 10.2. The summed E-state index contributed by atoms with van der Waals surface area (Å²) >= 11 is 0. The molecule has 0 radical (unpaired) electrons. The first-order valence-corrected chi connectivity index (χ1v) is 7.76. The van der Waals surface area contributed by atoms with E-state index in [0.717, 1.165) is 24.0 Å². The fourth-order valence-corrected chi connectivity index (χ4v) is 2.95. The van der Waals surface area contributed by atoms with Gasteiger partial charge in [0.05, 0.1) is 21.3 Å². The van der Waals surface area contributed by atoms with Crippen molar-refractivity contribution < 1.29 is 14.2 Å². The maximum absolute atomic E-state index is 5.46. The fraction of sp³-hybridized carbons (Fsp3) is 0.647. The van der Waals surface area contributed by atoms with Crippen molar-refractivity contribution in [1.29, 1.82) is 0 Å². The maximum Gasteiger partial charge on any atom is 0.203 e. The van der Waals surface area contributed by atoms with Gasteiger partial charge in [-0.3, -0.25) is 0 Å². The van der Waals surface area contributed by atoms with Crippen molar-refractivity contribution in [3.05, 3.63) is 17.7 Å². The summed E-state index contributed by atoms with van der Waals surface area (Å²) in [6, 6.07) is 4.47. The fourth-order valence-electron chi connectivity index (χ4n) is 2.95. The van der Waals surface area contributed by atoms with Crippen molar-refractivity contribution in [3.63, 3.8) is 0 Å². The van der Waals surface area contributed by atoms with Gasteiger partial charge in [-0.2, -0.15) is 0 Å². The third-order valence-electron chi connectivity index (χ3n) is 4.33. The molecule has 1 N–H and O–H groups in total. The molecule has 1 aromatic rings. The number of ether oxygens (including phenoxy) is 3. The van der Waals surface area contributed by atoms with Crippen molar-refractivity contribution in [2.45, 2.75) is 38.6 Å². The van der Waals surface area contributed by atoms with E-state index < -0.39 is 0 Å². The molecule has 1 aliphatic carbocycles. The minimum Gasteiger partial charge on any atom is -0.493 e. The molecule has 0 bridgehead atoms. The minimum atomic E-state index is 0.342. The topological polar surface area (TPSA) is 39.7 Å². The van der Waals surface area contributed by atoms with Crippen LogP contribution in [0.5, 0.6) is 17.2 Å². The van der Waals surface area contributed by atoms with E-state index in [4.69, 9.17) is 14.2 Å². The molecule has 1 aliphatic rings. The molecule has 1 fully saturated rings. The predicted molar refractivity (Wildman–Crippen MR) is 84.5 cm³/mol. The van der Waals surface area contributed by atoms with Gasteiger partial charge >= 0.3 is 0 Å². The van der Waals surface area contributed by atoms with E-state index >= 15 is 0 Å². The zero-order chi connectivity index (χ0) is 15.2. The van der Waals surface area contributed by atoms with Gasteiger partial charge in [-0.25, -0.2) is 0 Å². The molecule has 118 valence electrons. The number of rotatable bonds is 8. The molecule has 1 saturated carbocycles. The van der Waals surface area contributed by atoms with Crippen molar-refractivity contribution in [2.75, 3.05) is 27.9 Å². The first-order valence-electron chi connectivity index (χ1n) is 7.76. The number of nitrogens with one attached hydrogen (secondary N) is 1. The monoisotopic (exact) mass is 293 g/mol. The average Bonchev–Trinajstić information content (AvgIpc) is 2.47. The van der Waals surface area contributed by atoms with Crippen LogP contribution in [0.25, 0.3) is 0 Å². The van der Waals surface area contributed by atoms with Crippen LogP contribution in [-0.2, 0) is 0 Å². The van der Waals surface area contributed by atoms with E-state index in [2.05, 4.69) is 24.4 Å². The Labute approximate surface area is 127 Å². The molecule has 1 aromatic carbocycles. The zero-order valence-corrected chi connectivity index (χ0v) is 13.6. The molecule has 4 nitrogen and oxygen atoms in total. The van der Waals surface area contributed by atoms with E-state index in [9.17, 15) is 0 Å². The van der Waals surface area contributed by atoms with Gasteiger partial charge in [-0.1, -0.05) is 26.2 Å². The summed E-state index contributed by atoms with van der Waals surface area (Å²) in [5, 5.41) is 3.59. The van der Waals surface area contributed by atoms with E-state index in [1.807, 2.05) is 0 Å². The molecule has 21 heavy (non-hydrogen) atoms. The summed E-state index contributed by atoms with van der Waals surface area (Å²) in [6.07, 6.45) is 5.25. The average molecular weight is 293 g/mol. The molecule has 1 unspecified atom stereocenters. The molecule has 0 amide bonds. The van der Waals surface area contributed by atoms with E-state index in [-0.39, 0.29) is 0 Å². The van der Waals surface area contributed by atoms with E-state index in [1.54, 1.807) is 21.3 Å². The molecule has 0 spiro atoms. The Morgan fingerprint density at radius 3 is 2.10 bits per heavy atom. The molecule has 1 atom stereocenters. The highest BCUT2D eigenvalue weighted by Crippen LogP contribution is 2.42. The van der Waals surface area contributed by atoms with Gasteiger partial charge < -0.3 is 19.5 Å². The Kier molecular flexibility index (Phi) is 5.74. The van der Waals surface area contributed by atoms with Crippen LogP contribution in [0.15, 0.2) is 12.1 Å². The van der Waals surface area contributed by atoms with Crippen molar-refractivity contribution >= 4 is 0 Å². The number of benzene rings is 1. The van der Waals surface area contributed by atoms with E-state index in [0.29, 0.717) is 11.8 Å². The molecule has 0 saturated heterocycles. The smallest absolute Gasteiger partial charge is 0.203 e. The molecule has 2 rings (SSSR count). The summed E-state index contributed by atoms with van der Waals surface area (Å²) in [5.41, 5.74) is 1.21. The Morgan fingerprint density at radius 2 is 1.71 bits per heavy atom. The Morgan fingerprint density at radius 1 is 1.10 bits per heavy atom. The minimum absolute atomic E-state index is 0.342. The Hall–Kier alpha value is -1.42. The number of hydrogen-bond donors (Lipinski definition) is 1. The van der Waals surface area contributed by atoms with Crippen LogP contribution < -0.4 is 19.5 Å². The van der Waals surface area contributed by atoms with Crippen LogP contribution in [0.4, 0.5) is 0 Å². The molecule has 0 heterocycles. The van der Waals surface area contributed by atoms with Crippen molar-refractivity contribution in [2.24, 2.45) is 5.92 Å². The largest absolute Gasteiger partial charge is 0.493 e.